The lowest BCUT2D eigenvalue weighted by atomic mass is 10.0. The first-order valence-electron chi connectivity index (χ1n) is 5.30. The number of aromatic nitrogens is 1. The zero-order valence-corrected chi connectivity index (χ0v) is 11.0. The van der Waals surface area contributed by atoms with Crippen LogP contribution in [0.3, 0.4) is 0 Å². The molecule has 0 saturated heterocycles. The van der Waals surface area contributed by atoms with Gasteiger partial charge in [0.25, 0.3) is 0 Å². The molecule has 0 aliphatic heterocycles. The summed E-state index contributed by atoms with van der Waals surface area (Å²) in [5, 5.41) is 2.79. The summed E-state index contributed by atoms with van der Waals surface area (Å²) < 4.78 is 0.701. The SMILES string of the molecule is CCC(CC)C(=O)Nc1ncc(N)cc1Br. The maximum atomic E-state index is 11.8. The number of nitrogens with zero attached hydrogens (tertiary/aromatic N) is 1. The van der Waals surface area contributed by atoms with Crippen molar-refractivity contribution in [3.05, 3.63) is 16.7 Å². The van der Waals surface area contributed by atoms with E-state index in [0.717, 1.165) is 12.8 Å². The smallest absolute Gasteiger partial charge is 0.228 e. The molecule has 1 amide bonds. The number of nitrogen functional groups attached to an aromatic ring is 1. The predicted molar refractivity (Wildman–Crippen MR) is 69.1 cm³/mol. The van der Waals surface area contributed by atoms with Gasteiger partial charge in [-0.05, 0) is 34.8 Å². The summed E-state index contributed by atoms with van der Waals surface area (Å²) in [4.78, 5) is 15.9. The lowest BCUT2D eigenvalue weighted by Gasteiger charge is -2.13. The molecule has 0 spiro atoms. The molecule has 88 valence electrons. The average molecular weight is 286 g/mol. The highest BCUT2D eigenvalue weighted by Crippen LogP contribution is 2.22. The number of carbonyl (C=O) groups is 1. The summed E-state index contributed by atoms with van der Waals surface area (Å²) in [7, 11) is 0. The average Bonchev–Trinajstić information content (AvgIpc) is 2.24. The van der Waals surface area contributed by atoms with Crippen LogP contribution in [0.4, 0.5) is 11.5 Å². The topological polar surface area (TPSA) is 68.0 Å². The van der Waals surface area contributed by atoms with Crippen LogP contribution in [-0.4, -0.2) is 10.9 Å². The minimum absolute atomic E-state index is 0.00275. The van der Waals surface area contributed by atoms with E-state index in [-0.39, 0.29) is 11.8 Å². The highest BCUT2D eigenvalue weighted by molar-refractivity contribution is 9.10. The highest BCUT2D eigenvalue weighted by Gasteiger charge is 2.15. The van der Waals surface area contributed by atoms with Crippen LogP contribution in [-0.2, 0) is 4.79 Å². The summed E-state index contributed by atoms with van der Waals surface area (Å²) in [6, 6.07) is 1.72. The van der Waals surface area contributed by atoms with Crippen molar-refractivity contribution < 1.29 is 4.79 Å². The van der Waals surface area contributed by atoms with Gasteiger partial charge in [-0.15, -0.1) is 0 Å². The zero-order chi connectivity index (χ0) is 12.1. The molecule has 0 aliphatic carbocycles. The summed E-state index contributed by atoms with van der Waals surface area (Å²) in [6.07, 6.45) is 3.18. The molecule has 0 unspecified atom stereocenters. The molecule has 5 heteroatoms. The summed E-state index contributed by atoms with van der Waals surface area (Å²) in [6.45, 7) is 4.00. The standard InChI is InChI=1S/C11H16BrN3O/c1-3-7(4-2)11(16)15-10-9(12)5-8(13)6-14-10/h5-7H,3-4,13H2,1-2H3,(H,14,15,16). The van der Waals surface area contributed by atoms with Crippen molar-refractivity contribution >= 4 is 33.3 Å². The van der Waals surface area contributed by atoms with E-state index in [1.54, 1.807) is 6.07 Å². The normalized spacial score (nSPS) is 10.5. The van der Waals surface area contributed by atoms with Gasteiger partial charge in [0, 0.05) is 5.92 Å². The largest absolute Gasteiger partial charge is 0.397 e. The number of nitrogens with two attached hydrogens (primary N) is 1. The second-order valence-corrected chi connectivity index (χ2v) is 4.46. The molecule has 0 aromatic carbocycles. The molecule has 0 saturated carbocycles. The second kappa shape index (κ2) is 5.84. The number of rotatable bonds is 4. The Morgan fingerprint density at radius 1 is 1.56 bits per heavy atom. The fourth-order valence-corrected chi connectivity index (χ4v) is 1.89. The van der Waals surface area contributed by atoms with Crippen molar-refractivity contribution in [2.75, 3.05) is 11.1 Å². The molecule has 1 aromatic heterocycles. The molecule has 0 atom stereocenters. The van der Waals surface area contributed by atoms with Gasteiger partial charge >= 0.3 is 0 Å². The fraction of sp³-hybridized carbons (Fsp3) is 0.455. The number of halogens is 1. The molecule has 0 fully saturated rings. The fourth-order valence-electron chi connectivity index (χ4n) is 1.42. The molecule has 3 N–H and O–H groups in total. The van der Waals surface area contributed by atoms with E-state index in [2.05, 4.69) is 26.2 Å². The van der Waals surface area contributed by atoms with Gasteiger partial charge in [-0.25, -0.2) is 4.98 Å². The summed E-state index contributed by atoms with van der Waals surface area (Å²) in [5.41, 5.74) is 6.13. The van der Waals surface area contributed by atoms with Crippen LogP contribution in [0.25, 0.3) is 0 Å². The lowest BCUT2D eigenvalue weighted by molar-refractivity contribution is -0.120. The highest BCUT2D eigenvalue weighted by atomic mass is 79.9. The minimum atomic E-state index is 0.00275. The number of carbonyl (C=O) groups excluding carboxylic acids is 1. The van der Waals surface area contributed by atoms with E-state index in [1.165, 1.54) is 6.20 Å². The quantitative estimate of drug-likeness (QED) is 0.894. The van der Waals surface area contributed by atoms with Crippen molar-refractivity contribution in [1.29, 1.82) is 0 Å². The van der Waals surface area contributed by atoms with Crippen molar-refractivity contribution in [2.24, 2.45) is 5.92 Å². The molecule has 0 aliphatic rings. The Morgan fingerprint density at radius 2 is 2.19 bits per heavy atom. The maximum Gasteiger partial charge on any atom is 0.228 e. The molecule has 4 nitrogen and oxygen atoms in total. The minimum Gasteiger partial charge on any atom is -0.397 e. The number of hydrogen-bond donors (Lipinski definition) is 2. The second-order valence-electron chi connectivity index (χ2n) is 3.60. The van der Waals surface area contributed by atoms with Crippen LogP contribution in [0.15, 0.2) is 16.7 Å². The Kier molecular flexibility index (Phi) is 4.73. The van der Waals surface area contributed by atoms with E-state index >= 15 is 0 Å². The molecule has 16 heavy (non-hydrogen) atoms. The number of hydrogen-bond acceptors (Lipinski definition) is 3. The van der Waals surface area contributed by atoms with Crippen LogP contribution >= 0.6 is 15.9 Å². The zero-order valence-electron chi connectivity index (χ0n) is 9.46. The van der Waals surface area contributed by atoms with Crippen molar-refractivity contribution in [2.45, 2.75) is 26.7 Å². The van der Waals surface area contributed by atoms with Crippen molar-refractivity contribution in [3.8, 4) is 0 Å². The van der Waals surface area contributed by atoms with Crippen LogP contribution in [0, 0.1) is 5.92 Å². The first-order valence-corrected chi connectivity index (χ1v) is 6.09. The van der Waals surface area contributed by atoms with Gasteiger partial charge in [-0.1, -0.05) is 13.8 Å². The third-order valence-electron chi connectivity index (χ3n) is 2.46. The third kappa shape index (κ3) is 3.20. The number of anilines is 2. The lowest BCUT2D eigenvalue weighted by Crippen LogP contribution is -2.22. The van der Waals surface area contributed by atoms with Crippen LogP contribution in [0.1, 0.15) is 26.7 Å². The van der Waals surface area contributed by atoms with Gasteiger partial charge in [0.2, 0.25) is 5.91 Å². The molecular formula is C11H16BrN3O. The first kappa shape index (κ1) is 13.0. The van der Waals surface area contributed by atoms with Crippen molar-refractivity contribution in [1.82, 2.24) is 4.98 Å². The Balaban J connectivity index is 2.76. The van der Waals surface area contributed by atoms with Gasteiger partial charge in [-0.2, -0.15) is 0 Å². The molecular weight excluding hydrogens is 270 g/mol. The van der Waals surface area contributed by atoms with E-state index in [1.807, 2.05) is 13.8 Å². The van der Waals surface area contributed by atoms with Gasteiger partial charge in [0.15, 0.2) is 0 Å². The van der Waals surface area contributed by atoms with E-state index in [4.69, 9.17) is 5.73 Å². The van der Waals surface area contributed by atoms with Crippen LogP contribution < -0.4 is 11.1 Å². The van der Waals surface area contributed by atoms with E-state index in [9.17, 15) is 4.79 Å². The van der Waals surface area contributed by atoms with Gasteiger partial charge in [0.1, 0.15) is 5.82 Å². The first-order chi connectivity index (χ1) is 7.58. The Bertz CT molecular complexity index is 377. The molecule has 1 heterocycles. The Morgan fingerprint density at radius 3 is 2.69 bits per heavy atom. The van der Waals surface area contributed by atoms with Gasteiger partial charge in [0.05, 0.1) is 16.4 Å². The Labute approximate surface area is 104 Å². The van der Waals surface area contributed by atoms with Crippen molar-refractivity contribution in [3.63, 3.8) is 0 Å². The van der Waals surface area contributed by atoms with Gasteiger partial charge < -0.3 is 11.1 Å². The third-order valence-corrected chi connectivity index (χ3v) is 3.06. The molecule has 1 aromatic rings. The van der Waals surface area contributed by atoms with E-state index in [0.29, 0.717) is 16.0 Å². The molecule has 0 radical (unpaired) electrons. The number of pyridine rings is 1. The number of nitrogens with one attached hydrogen (secondary N) is 1. The molecule has 1 rings (SSSR count). The number of amides is 1. The summed E-state index contributed by atoms with van der Waals surface area (Å²) >= 11 is 3.31. The van der Waals surface area contributed by atoms with Gasteiger partial charge in [-0.3, -0.25) is 4.79 Å². The predicted octanol–water partition coefficient (Wildman–Crippen LogP) is 2.80. The maximum absolute atomic E-state index is 11.8. The summed E-state index contributed by atoms with van der Waals surface area (Å²) in [5.74, 6) is 0.556. The van der Waals surface area contributed by atoms with E-state index < -0.39 is 0 Å². The monoisotopic (exact) mass is 285 g/mol. The van der Waals surface area contributed by atoms with Crippen LogP contribution in [0.5, 0.6) is 0 Å². The molecule has 0 bridgehead atoms. The van der Waals surface area contributed by atoms with Crippen LogP contribution in [0.2, 0.25) is 0 Å². The Hall–Kier alpha value is -1.10.